The predicted molar refractivity (Wildman–Crippen MR) is 155 cm³/mol. The summed E-state index contributed by atoms with van der Waals surface area (Å²) in [7, 11) is 0. The van der Waals surface area contributed by atoms with E-state index in [1.54, 1.807) is 55.4 Å². The summed E-state index contributed by atoms with van der Waals surface area (Å²) < 4.78 is 0. The molecule has 45 heavy (non-hydrogen) atoms. The first-order chi connectivity index (χ1) is 19.2. The van der Waals surface area contributed by atoms with Gasteiger partial charge in [0, 0.05) is 23.7 Å². The molecule has 262 valence electrons. The molecule has 0 aromatic rings. The molecule has 0 atom stereocenters. The minimum atomic E-state index is -1.35. The van der Waals surface area contributed by atoms with Crippen LogP contribution in [0.2, 0.25) is 0 Å². The number of hydrogen-bond acceptors (Lipinski definition) is 12. The van der Waals surface area contributed by atoms with Crippen LogP contribution in [0.4, 0.5) is 0 Å². The SMILES string of the molecule is CC(C)C(=O)C(C)(C)C(=O)[O-].CC(C)C(=O)C(C)(C)C(=O)[O-].CC(C)C(=O)C(C)(C)C(=O)[O-].CC(C)C(=O)C(C)(C)C(=O)[O-].[Pt+4]. The summed E-state index contributed by atoms with van der Waals surface area (Å²) in [6.07, 6.45) is 0. The standard InChI is InChI=1S/4C8H14O3.Pt/c4*1-5(2)6(9)8(3,4)7(10)11;/h4*5H,1-4H3,(H,10,11);/q;;;;+4/p-4. The molecule has 0 aliphatic rings. The Hall–Kier alpha value is -2.75. The summed E-state index contributed by atoms with van der Waals surface area (Å²) in [4.78, 5) is 86.5. The van der Waals surface area contributed by atoms with Crippen molar-refractivity contribution in [3.63, 3.8) is 0 Å². The topological polar surface area (TPSA) is 229 Å². The molecule has 0 saturated heterocycles. The van der Waals surface area contributed by atoms with E-state index in [0.29, 0.717) is 0 Å². The van der Waals surface area contributed by atoms with Gasteiger partial charge < -0.3 is 39.6 Å². The van der Waals surface area contributed by atoms with E-state index in [2.05, 4.69) is 0 Å². The van der Waals surface area contributed by atoms with Crippen molar-refractivity contribution in [1.29, 1.82) is 0 Å². The third kappa shape index (κ3) is 16.9. The van der Waals surface area contributed by atoms with Crippen LogP contribution in [0, 0.1) is 45.3 Å². The van der Waals surface area contributed by atoms with Gasteiger partial charge in [0.15, 0.2) is 0 Å². The van der Waals surface area contributed by atoms with E-state index in [1.165, 1.54) is 55.4 Å². The van der Waals surface area contributed by atoms with Crippen LogP contribution < -0.4 is 20.4 Å². The van der Waals surface area contributed by atoms with Crippen molar-refractivity contribution in [3.05, 3.63) is 0 Å². The van der Waals surface area contributed by atoms with Crippen molar-refractivity contribution in [2.45, 2.75) is 111 Å². The van der Waals surface area contributed by atoms with Crippen LogP contribution in [-0.4, -0.2) is 47.0 Å². The summed E-state index contributed by atoms with van der Waals surface area (Å²) in [5.41, 5.74) is -5.41. The first kappa shape index (κ1) is 51.8. The molecule has 13 heteroatoms. The van der Waals surface area contributed by atoms with Crippen LogP contribution in [0.3, 0.4) is 0 Å². The Kier molecular flexibility index (Phi) is 23.5. The van der Waals surface area contributed by atoms with Crippen LogP contribution in [-0.2, 0) is 59.4 Å². The minimum Gasteiger partial charge on any atom is -0.549 e. The molecule has 0 aromatic carbocycles. The predicted octanol–water partition coefficient (Wildman–Crippen LogP) is -0.0521. The zero-order valence-corrected chi connectivity index (χ0v) is 31.8. The molecule has 0 spiro atoms. The van der Waals surface area contributed by atoms with Gasteiger partial charge in [0.25, 0.3) is 0 Å². The van der Waals surface area contributed by atoms with Crippen LogP contribution in [0.5, 0.6) is 0 Å². The second-order valence-electron chi connectivity index (χ2n) is 13.7. The van der Waals surface area contributed by atoms with Gasteiger partial charge in [-0.1, -0.05) is 55.4 Å². The number of aliphatic carboxylic acids is 4. The van der Waals surface area contributed by atoms with Gasteiger partial charge in [-0.25, -0.2) is 0 Å². The molecule has 0 aliphatic heterocycles. The first-order valence-electron chi connectivity index (χ1n) is 14.2. The first-order valence-corrected chi connectivity index (χ1v) is 14.2. The Labute approximate surface area is 282 Å². The van der Waals surface area contributed by atoms with Gasteiger partial charge >= 0.3 is 21.1 Å². The molecule has 0 saturated carbocycles. The fourth-order valence-electron chi connectivity index (χ4n) is 3.29. The fourth-order valence-corrected chi connectivity index (χ4v) is 3.29. The number of carboxylic acid groups (broad SMARTS) is 4. The number of hydrogen-bond donors (Lipinski definition) is 0. The summed E-state index contributed by atoms with van der Waals surface area (Å²) in [5.74, 6) is -7.46. The normalized spacial score (nSPS) is 11.5. The number of Topliss-reactive ketones (excluding diaryl/α,β-unsaturated/α-hetero) is 4. The maximum absolute atomic E-state index is 11.2. The molecule has 0 amide bonds. The van der Waals surface area contributed by atoms with Gasteiger partial charge in [-0.15, -0.1) is 0 Å². The van der Waals surface area contributed by atoms with Gasteiger partial charge in [-0.2, -0.15) is 0 Å². The van der Waals surface area contributed by atoms with Gasteiger partial charge in [-0.05, 0) is 55.4 Å². The molecule has 12 nitrogen and oxygen atoms in total. The number of carbonyl (C=O) groups is 8. The number of rotatable bonds is 12. The van der Waals surface area contributed by atoms with E-state index in [0.717, 1.165) is 0 Å². The second-order valence-corrected chi connectivity index (χ2v) is 13.7. The molecule has 0 radical (unpaired) electrons. The minimum absolute atomic E-state index is 0. The third-order valence-electron chi connectivity index (χ3n) is 6.60. The van der Waals surface area contributed by atoms with Crippen molar-refractivity contribution in [2.75, 3.05) is 0 Å². The monoisotopic (exact) mass is 823 g/mol. The van der Waals surface area contributed by atoms with Crippen LogP contribution >= 0.6 is 0 Å². The molecule has 0 N–H and O–H groups in total. The van der Waals surface area contributed by atoms with Crippen LogP contribution in [0.25, 0.3) is 0 Å². The summed E-state index contributed by atoms with van der Waals surface area (Å²) in [5, 5.41) is 41.7. The van der Waals surface area contributed by atoms with Crippen molar-refractivity contribution in [1.82, 2.24) is 0 Å². The number of carbonyl (C=O) groups excluding carboxylic acids is 8. The molecule has 0 aliphatic carbocycles. The van der Waals surface area contributed by atoms with E-state index < -0.39 is 45.5 Å². The smallest absolute Gasteiger partial charge is 0.549 e. The fraction of sp³-hybridized carbons (Fsp3) is 0.750. The average molecular weight is 824 g/mol. The Morgan fingerprint density at radius 1 is 0.333 bits per heavy atom. The van der Waals surface area contributed by atoms with Gasteiger partial charge in [0.2, 0.25) is 0 Å². The van der Waals surface area contributed by atoms with Gasteiger partial charge in [0.1, 0.15) is 23.1 Å². The maximum atomic E-state index is 11.2. The Morgan fingerprint density at radius 2 is 0.422 bits per heavy atom. The second kappa shape index (κ2) is 20.4. The quantitative estimate of drug-likeness (QED) is 0.236. The van der Waals surface area contributed by atoms with E-state index in [4.69, 9.17) is 0 Å². The summed E-state index contributed by atoms with van der Waals surface area (Å²) in [6, 6.07) is 0. The van der Waals surface area contributed by atoms with E-state index in [-0.39, 0.29) is 67.9 Å². The molecular weight excluding hydrogens is 771 g/mol. The molecule has 0 unspecified atom stereocenters. The van der Waals surface area contributed by atoms with E-state index in [9.17, 15) is 58.8 Å². The van der Waals surface area contributed by atoms with Crippen molar-refractivity contribution in [2.24, 2.45) is 45.3 Å². The van der Waals surface area contributed by atoms with E-state index in [1.807, 2.05) is 0 Å². The van der Waals surface area contributed by atoms with Crippen molar-refractivity contribution in [3.8, 4) is 0 Å². The van der Waals surface area contributed by atoms with Gasteiger partial charge in [-0.3, -0.25) is 19.2 Å². The molecular formula is C32H52O12Pt. The Balaban J connectivity index is -0.000000157. The summed E-state index contributed by atoms with van der Waals surface area (Å²) >= 11 is 0. The van der Waals surface area contributed by atoms with Crippen LogP contribution in [0.1, 0.15) is 111 Å². The summed E-state index contributed by atoms with van der Waals surface area (Å²) in [6.45, 7) is 24.3. The Morgan fingerprint density at radius 3 is 0.444 bits per heavy atom. The number of ketones is 4. The number of carboxylic acids is 4. The van der Waals surface area contributed by atoms with E-state index >= 15 is 0 Å². The molecule has 0 aromatic heterocycles. The average Bonchev–Trinajstić information content (AvgIpc) is 2.86. The molecule has 0 fully saturated rings. The zero-order chi connectivity index (χ0) is 36.9. The van der Waals surface area contributed by atoms with Crippen molar-refractivity contribution >= 4 is 47.0 Å². The largest absolute Gasteiger partial charge is 4.00 e. The molecule has 0 heterocycles. The Bertz CT molecular complexity index is 894. The van der Waals surface area contributed by atoms with Crippen molar-refractivity contribution < 1.29 is 79.8 Å². The molecule has 0 rings (SSSR count). The maximum Gasteiger partial charge on any atom is 4.00 e. The van der Waals surface area contributed by atoms with Gasteiger partial charge in [0.05, 0.1) is 45.5 Å². The van der Waals surface area contributed by atoms with Crippen LogP contribution in [0.15, 0.2) is 0 Å². The zero-order valence-electron chi connectivity index (χ0n) is 29.5. The third-order valence-corrected chi connectivity index (χ3v) is 6.60. The molecule has 0 bridgehead atoms.